The Kier molecular flexibility index (Phi) is 8.86. The molecule has 1 saturated carbocycles. The van der Waals surface area contributed by atoms with Crippen LogP contribution in [0.15, 0.2) is 40.5 Å². The lowest BCUT2D eigenvalue weighted by Gasteiger charge is -2.12. The highest BCUT2D eigenvalue weighted by Gasteiger charge is 2.27. The van der Waals surface area contributed by atoms with Gasteiger partial charge in [-0.3, -0.25) is 10.1 Å². The molecule has 0 unspecified atom stereocenters. The molecule has 0 aliphatic heterocycles. The van der Waals surface area contributed by atoms with Crippen molar-refractivity contribution in [2.45, 2.75) is 36.4 Å². The fourth-order valence-corrected chi connectivity index (χ4v) is 4.74. The zero-order valence-electron chi connectivity index (χ0n) is 18.1. The van der Waals surface area contributed by atoms with Gasteiger partial charge in [0.1, 0.15) is 6.10 Å². The lowest BCUT2D eigenvalue weighted by Crippen LogP contribution is -2.27. The lowest BCUT2D eigenvalue weighted by molar-refractivity contribution is -0.110. The summed E-state index contributed by atoms with van der Waals surface area (Å²) in [6, 6.07) is 5.60. The Balaban J connectivity index is 1.80. The summed E-state index contributed by atoms with van der Waals surface area (Å²) in [5, 5.41) is 6.05. The Labute approximate surface area is 195 Å². The molecule has 1 heterocycles. The fourth-order valence-electron chi connectivity index (χ4n) is 3.18. The Morgan fingerprint density at radius 2 is 1.97 bits per heavy atom. The summed E-state index contributed by atoms with van der Waals surface area (Å²) in [5.41, 5.74) is 0.226. The monoisotopic (exact) mass is 500 g/mol. The van der Waals surface area contributed by atoms with Gasteiger partial charge in [0.15, 0.2) is 16.0 Å². The van der Waals surface area contributed by atoms with Crippen LogP contribution >= 0.6 is 11.3 Å². The van der Waals surface area contributed by atoms with Crippen LogP contribution in [-0.2, 0) is 29.1 Å². The fraction of sp³-hybridized carbons (Fsp3) is 0.450. The number of hydrogen-bond acceptors (Lipinski definition) is 9. The Bertz CT molecular complexity index is 1070. The molecule has 10 nitrogen and oxygen atoms in total. The second-order valence-electron chi connectivity index (χ2n) is 7.18. The second kappa shape index (κ2) is 11.6. The number of amides is 1. The van der Waals surface area contributed by atoms with Gasteiger partial charge < -0.3 is 14.3 Å². The van der Waals surface area contributed by atoms with Crippen molar-refractivity contribution in [3.05, 3.63) is 41.2 Å². The smallest absolute Gasteiger partial charge is 0.280 e. The molecule has 1 amide bonds. The Hall–Kier alpha value is -2.45. The van der Waals surface area contributed by atoms with Crippen LogP contribution < -0.4 is 10.0 Å². The topological polar surface area (TPSA) is 128 Å². The number of oxime groups is 1. The number of benzene rings is 1. The third kappa shape index (κ3) is 7.01. The number of nitrogens with one attached hydrogen (secondary N) is 2. The summed E-state index contributed by atoms with van der Waals surface area (Å²) in [6.45, 7) is 0.353. The maximum Gasteiger partial charge on any atom is 0.280 e. The number of sulfonamides is 1. The average Bonchev–Trinajstić information content (AvgIpc) is 3.43. The van der Waals surface area contributed by atoms with E-state index in [1.807, 2.05) is 0 Å². The van der Waals surface area contributed by atoms with E-state index < -0.39 is 21.1 Å². The molecule has 1 aliphatic carbocycles. The van der Waals surface area contributed by atoms with Crippen LogP contribution in [0.5, 0.6) is 0 Å². The third-order valence-corrected chi connectivity index (χ3v) is 7.09. The second-order valence-corrected chi connectivity index (χ2v) is 9.92. The number of halogens is 1. The molecule has 180 valence electrons. The first-order valence-corrected chi connectivity index (χ1v) is 12.4. The summed E-state index contributed by atoms with van der Waals surface area (Å²) < 4.78 is 50.6. The standard InChI is InChI=1S/C20H25FN4O6S2/c1-29-10-9-23-33(27,28)16-7-3-13(4-8-16)18(19(26)24-20-22-12-17(21)32-20)25-31-15-6-5-14(11-15)30-2/h3-4,7-8,12,14-15,23H,5-6,9-11H2,1-2H3,(H,22,24,26)/t14-,15-/m1/s1. The van der Waals surface area contributed by atoms with E-state index in [1.165, 1.54) is 31.4 Å². The number of nitrogens with zero attached hydrogens (tertiary/aromatic N) is 2. The SMILES string of the molecule is COCCNS(=O)(=O)c1ccc(C(=NO[C@@H]2CC[C@@H](OC)C2)C(=O)Nc2ncc(F)s2)cc1. The van der Waals surface area contributed by atoms with Gasteiger partial charge in [0.25, 0.3) is 5.91 Å². The van der Waals surface area contributed by atoms with Crippen molar-refractivity contribution < 1.29 is 31.9 Å². The van der Waals surface area contributed by atoms with E-state index >= 15 is 0 Å². The van der Waals surface area contributed by atoms with E-state index in [9.17, 15) is 17.6 Å². The van der Waals surface area contributed by atoms with Gasteiger partial charge in [-0.2, -0.15) is 4.39 Å². The molecule has 0 radical (unpaired) electrons. The zero-order chi connectivity index (χ0) is 23.8. The minimum Gasteiger partial charge on any atom is -0.392 e. The zero-order valence-corrected chi connectivity index (χ0v) is 19.7. The van der Waals surface area contributed by atoms with E-state index in [0.29, 0.717) is 23.3 Å². The van der Waals surface area contributed by atoms with Gasteiger partial charge in [-0.25, -0.2) is 18.1 Å². The van der Waals surface area contributed by atoms with E-state index in [0.717, 1.165) is 19.0 Å². The first-order chi connectivity index (χ1) is 15.8. The number of carbonyl (C=O) groups is 1. The van der Waals surface area contributed by atoms with Crippen LogP contribution in [0.25, 0.3) is 0 Å². The van der Waals surface area contributed by atoms with Crippen LogP contribution in [0.2, 0.25) is 0 Å². The molecule has 2 aromatic rings. The van der Waals surface area contributed by atoms with E-state index in [2.05, 4.69) is 20.2 Å². The van der Waals surface area contributed by atoms with Crippen molar-refractivity contribution in [2.24, 2.45) is 5.16 Å². The van der Waals surface area contributed by atoms with Crippen molar-refractivity contribution in [2.75, 3.05) is 32.7 Å². The number of thiazole rings is 1. The summed E-state index contributed by atoms with van der Waals surface area (Å²) in [6.07, 6.45) is 3.01. The quantitative estimate of drug-likeness (QED) is 0.275. The molecule has 2 N–H and O–H groups in total. The molecule has 1 aromatic heterocycles. The largest absolute Gasteiger partial charge is 0.392 e. The van der Waals surface area contributed by atoms with Gasteiger partial charge in [-0.15, -0.1) is 0 Å². The normalized spacial score (nSPS) is 18.9. The minimum absolute atomic E-state index is 0.0174. The van der Waals surface area contributed by atoms with Crippen molar-refractivity contribution >= 4 is 38.1 Å². The molecular weight excluding hydrogens is 475 g/mol. The maximum atomic E-state index is 13.3. The molecule has 0 bridgehead atoms. The van der Waals surface area contributed by atoms with Gasteiger partial charge in [-0.1, -0.05) is 28.6 Å². The molecule has 1 aromatic carbocycles. The van der Waals surface area contributed by atoms with Crippen LogP contribution in [0, 0.1) is 5.13 Å². The molecule has 2 atom stereocenters. The number of hydrogen-bond donors (Lipinski definition) is 2. The number of anilines is 1. The van der Waals surface area contributed by atoms with Gasteiger partial charge in [-0.05, 0) is 25.0 Å². The Morgan fingerprint density at radius 3 is 2.58 bits per heavy atom. The van der Waals surface area contributed by atoms with E-state index in [1.54, 1.807) is 7.11 Å². The Morgan fingerprint density at radius 1 is 1.24 bits per heavy atom. The number of aromatic nitrogens is 1. The molecule has 0 spiro atoms. The highest BCUT2D eigenvalue weighted by molar-refractivity contribution is 7.89. The first kappa shape index (κ1) is 25.2. The van der Waals surface area contributed by atoms with Gasteiger partial charge in [0.05, 0.1) is 23.8 Å². The summed E-state index contributed by atoms with van der Waals surface area (Å²) >= 11 is 0.671. The highest BCUT2D eigenvalue weighted by Crippen LogP contribution is 2.25. The summed E-state index contributed by atoms with van der Waals surface area (Å²) in [4.78, 5) is 22.2. The first-order valence-electron chi connectivity index (χ1n) is 10.1. The van der Waals surface area contributed by atoms with Gasteiger partial charge in [0, 0.05) is 32.7 Å². The predicted molar refractivity (Wildman–Crippen MR) is 120 cm³/mol. The summed E-state index contributed by atoms with van der Waals surface area (Å²) in [5.74, 6) is -0.667. The molecule has 0 saturated heterocycles. The maximum absolute atomic E-state index is 13.3. The van der Waals surface area contributed by atoms with E-state index in [-0.39, 0.29) is 41.1 Å². The van der Waals surface area contributed by atoms with Crippen molar-refractivity contribution in [1.82, 2.24) is 9.71 Å². The lowest BCUT2D eigenvalue weighted by atomic mass is 10.1. The number of rotatable bonds is 11. The number of ether oxygens (including phenoxy) is 2. The van der Waals surface area contributed by atoms with Crippen LogP contribution in [0.3, 0.4) is 0 Å². The summed E-state index contributed by atoms with van der Waals surface area (Å²) in [7, 11) is -0.644. The third-order valence-electron chi connectivity index (χ3n) is 4.91. The van der Waals surface area contributed by atoms with Crippen LogP contribution in [-0.4, -0.2) is 64.6 Å². The average molecular weight is 501 g/mol. The molecule has 33 heavy (non-hydrogen) atoms. The molecule has 1 aliphatic rings. The van der Waals surface area contributed by atoms with Gasteiger partial charge >= 0.3 is 0 Å². The number of carbonyl (C=O) groups excluding carboxylic acids is 1. The number of methoxy groups -OCH3 is 2. The van der Waals surface area contributed by atoms with Crippen molar-refractivity contribution in [3.8, 4) is 0 Å². The van der Waals surface area contributed by atoms with Gasteiger partial charge in [0.2, 0.25) is 10.0 Å². The molecule has 13 heteroatoms. The van der Waals surface area contributed by atoms with E-state index in [4.69, 9.17) is 14.3 Å². The van der Waals surface area contributed by atoms with Crippen molar-refractivity contribution in [1.29, 1.82) is 0 Å². The minimum atomic E-state index is -3.74. The molecule has 3 rings (SSSR count). The molecular formula is C20H25FN4O6S2. The van der Waals surface area contributed by atoms with Crippen molar-refractivity contribution in [3.63, 3.8) is 0 Å². The van der Waals surface area contributed by atoms with Crippen LogP contribution in [0.4, 0.5) is 9.52 Å². The predicted octanol–water partition coefficient (Wildman–Crippen LogP) is 2.13. The highest BCUT2D eigenvalue weighted by atomic mass is 32.2. The molecule has 1 fully saturated rings. The van der Waals surface area contributed by atoms with Crippen LogP contribution in [0.1, 0.15) is 24.8 Å².